The highest BCUT2D eigenvalue weighted by atomic mass is 16.7. The van der Waals surface area contributed by atoms with E-state index in [9.17, 15) is 15.0 Å². The first-order valence-electron chi connectivity index (χ1n) is 14.5. The molecule has 1 saturated heterocycles. The SMILES string of the molecule is CCCCCCCCCCCCCCCCC[C@H](C/C(O)=C(\CC)C(=O)O)OC1CCCCO1. The molecule has 0 bridgehead atoms. The molecule has 2 N–H and O–H groups in total. The molecule has 0 aromatic carbocycles. The van der Waals surface area contributed by atoms with E-state index < -0.39 is 5.97 Å². The number of aliphatic hydroxyl groups is 1. The number of carboxylic acids is 1. The predicted molar refractivity (Wildman–Crippen MR) is 140 cm³/mol. The van der Waals surface area contributed by atoms with Gasteiger partial charge in [0.25, 0.3) is 0 Å². The summed E-state index contributed by atoms with van der Waals surface area (Å²) < 4.78 is 11.9. The number of aliphatic hydroxyl groups excluding tert-OH is 1. The minimum atomic E-state index is -1.04. The van der Waals surface area contributed by atoms with Crippen LogP contribution < -0.4 is 0 Å². The lowest BCUT2D eigenvalue weighted by molar-refractivity contribution is -0.190. The molecule has 0 aliphatic carbocycles. The second kappa shape index (κ2) is 21.2. The van der Waals surface area contributed by atoms with E-state index in [-0.39, 0.29) is 30.1 Å². The third-order valence-corrected chi connectivity index (χ3v) is 6.99. The minimum absolute atomic E-state index is 0.0447. The topological polar surface area (TPSA) is 76.0 Å². The Kier molecular flexibility index (Phi) is 19.3. The highest BCUT2D eigenvalue weighted by Crippen LogP contribution is 2.23. The zero-order valence-electron chi connectivity index (χ0n) is 22.3. The first-order chi connectivity index (χ1) is 16.6. The molecular formula is C29H54O5. The molecule has 1 aliphatic heterocycles. The van der Waals surface area contributed by atoms with E-state index >= 15 is 0 Å². The van der Waals surface area contributed by atoms with Crippen molar-refractivity contribution in [2.45, 2.75) is 161 Å². The molecule has 0 spiro atoms. The highest BCUT2D eigenvalue weighted by molar-refractivity contribution is 5.86. The fraction of sp³-hybridized carbons (Fsp3) is 0.897. The van der Waals surface area contributed by atoms with Crippen molar-refractivity contribution in [3.63, 3.8) is 0 Å². The number of unbranched alkanes of at least 4 members (excludes halogenated alkanes) is 14. The van der Waals surface area contributed by atoms with Gasteiger partial charge in [-0.3, -0.25) is 0 Å². The van der Waals surface area contributed by atoms with Gasteiger partial charge in [0.1, 0.15) is 5.76 Å². The van der Waals surface area contributed by atoms with Crippen LogP contribution in [0.2, 0.25) is 0 Å². The van der Waals surface area contributed by atoms with E-state index in [2.05, 4.69) is 6.92 Å². The Hall–Kier alpha value is -1.07. The number of rotatable bonds is 22. The van der Waals surface area contributed by atoms with Crippen molar-refractivity contribution in [2.75, 3.05) is 6.61 Å². The number of carbonyl (C=O) groups is 1. The van der Waals surface area contributed by atoms with Crippen molar-refractivity contribution >= 4 is 5.97 Å². The Morgan fingerprint density at radius 3 is 1.79 bits per heavy atom. The molecule has 1 rings (SSSR count). The summed E-state index contributed by atoms with van der Waals surface area (Å²) in [5, 5.41) is 19.7. The summed E-state index contributed by atoms with van der Waals surface area (Å²) in [7, 11) is 0. The molecule has 34 heavy (non-hydrogen) atoms. The third kappa shape index (κ3) is 15.8. The average molecular weight is 483 g/mol. The Balaban J connectivity index is 2.17. The van der Waals surface area contributed by atoms with Gasteiger partial charge in [0, 0.05) is 13.0 Å². The molecule has 1 unspecified atom stereocenters. The van der Waals surface area contributed by atoms with Gasteiger partial charge in [-0.2, -0.15) is 0 Å². The number of carboxylic acid groups (broad SMARTS) is 1. The van der Waals surface area contributed by atoms with Gasteiger partial charge in [-0.1, -0.05) is 110 Å². The molecule has 0 saturated carbocycles. The third-order valence-electron chi connectivity index (χ3n) is 6.99. The maximum atomic E-state index is 11.4. The second-order valence-electron chi connectivity index (χ2n) is 10.1. The van der Waals surface area contributed by atoms with Gasteiger partial charge >= 0.3 is 5.97 Å². The largest absolute Gasteiger partial charge is 0.512 e. The van der Waals surface area contributed by atoms with Crippen molar-refractivity contribution in [2.24, 2.45) is 0 Å². The minimum Gasteiger partial charge on any atom is -0.512 e. The zero-order valence-corrected chi connectivity index (χ0v) is 22.3. The van der Waals surface area contributed by atoms with Crippen LogP contribution in [0, 0.1) is 0 Å². The van der Waals surface area contributed by atoms with Crippen LogP contribution in [0.15, 0.2) is 11.3 Å². The lowest BCUT2D eigenvalue weighted by atomic mass is 10.0. The first kappa shape index (κ1) is 31.0. The van der Waals surface area contributed by atoms with Crippen LogP contribution in [0.5, 0.6) is 0 Å². The van der Waals surface area contributed by atoms with E-state index in [1.54, 1.807) is 6.92 Å². The normalized spacial score (nSPS) is 18.0. The van der Waals surface area contributed by atoms with Crippen LogP contribution >= 0.6 is 0 Å². The molecule has 5 nitrogen and oxygen atoms in total. The molecule has 5 heteroatoms. The number of aliphatic carboxylic acids is 1. The lowest BCUT2D eigenvalue weighted by Crippen LogP contribution is -2.28. The highest BCUT2D eigenvalue weighted by Gasteiger charge is 2.22. The van der Waals surface area contributed by atoms with Crippen molar-refractivity contribution in [1.29, 1.82) is 0 Å². The molecule has 0 aromatic heterocycles. The Labute approximate surface area is 209 Å². The number of hydrogen-bond acceptors (Lipinski definition) is 4. The molecule has 200 valence electrons. The van der Waals surface area contributed by atoms with Crippen LogP contribution in [-0.2, 0) is 14.3 Å². The summed E-state index contributed by atoms with van der Waals surface area (Å²) in [6.45, 7) is 4.75. The smallest absolute Gasteiger partial charge is 0.334 e. The maximum absolute atomic E-state index is 11.4. The molecule has 0 amide bonds. The standard InChI is InChI=1S/C29H54O5/c1-3-5-6-7-8-9-10-11-12-13-14-15-16-17-18-21-25(34-28-22-19-20-23-33-28)24-27(30)26(4-2)29(31)32/h25,28,30H,3-24H2,1-2H3,(H,31,32)/b27-26-/t25-,28?/m1/s1. The summed E-state index contributed by atoms with van der Waals surface area (Å²) in [5.41, 5.74) is 0.0923. The Morgan fingerprint density at radius 1 is 0.824 bits per heavy atom. The monoisotopic (exact) mass is 482 g/mol. The van der Waals surface area contributed by atoms with Crippen LogP contribution in [0.1, 0.15) is 149 Å². The summed E-state index contributed by atoms with van der Waals surface area (Å²) in [4.78, 5) is 11.4. The number of hydrogen-bond donors (Lipinski definition) is 2. The van der Waals surface area contributed by atoms with Gasteiger partial charge in [0.05, 0.1) is 11.7 Å². The van der Waals surface area contributed by atoms with E-state index in [1.807, 2.05) is 0 Å². The molecule has 1 heterocycles. The van der Waals surface area contributed by atoms with Crippen molar-refractivity contribution < 1.29 is 24.5 Å². The Bertz CT molecular complexity index is 525. The van der Waals surface area contributed by atoms with Crippen molar-refractivity contribution in [1.82, 2.24) is 0 Å². The predicted octanol–water partition coefficient (Wildman–Crippen LogP) is 8.86. The lowest BCUT2D eigenvalue weighted by Gasteiger charge is -2.28. The first-order valence-corrected chi connectivity index (χ1v) is 14.5. The summed E-state index contributed by atoms with van der Waals surface area (Å²) >= 11 is 0. The quantitative estimate of drug-likeness (QED) is 0.0915. The van der Waals surface area contributed by atoms with Crippen molar-refractivity contribution in [3.05, 3.63) is 11.3 Å². The van der Waals surface area contributed by atoms with E-state index in [1.165, 1.54) is 83.5 Å². The van der Waals surface area contributed by atoms with Gasteiger partial charge in [0.15, 0.2) is 6.29 Å². The molecule has 1 fully saturated rings. The van der Waals surface area contributed by atoms with Gasteiger partial charge in [-0.05, 0) is 32.1 Å². The Morgan fingerprint density at radius 2 is 1.35 bits per heavy atom. The van der Waals surface area contributed by atoms with E-state index in [0.29, 0.717) is 13.0 Å². The second-order valence-corrected chi connectivity index (χ2v) is 10.1. The average Bonchev–Trinajstić information content (AvgIpc) is 2.82. The van der Waals surface area contributed by atoms with Crippen LogP contribution in [0.4, 0.5) is 0 Å². The fourth-order valence-corrected chi connectivity index (χ4v) is 4.81. The molecule has 1 aliphatic rings. The van der Waals surface area contributed by atoms with Gasteiger partial charge in [0.2, 0.25) is 0 Å². The molecule has 0 radical (unpaired) electrons. The zero-order chi connectivity index (χ0) is 24.9. The molecular weight excluding hydrogens is 428 g/mol. The van der Waals surface area contributed by atoms with Crippen LogP contribution in [0.25, 0.3) is 0 Å². The van der Waals surface area contributed by atoms with E-state index in [4.69, 9.17) is 9.47 Å². The van der Waals surface area contributed by atoms with Crippen LogP contribution in [0.3, 0.4) is 0 Å². The maximum Gasteiger partial charge on any atom is 0.334 e. The van der Waals surface area contributed by atoms with Crippen LogP contribution in [-0.4, -0.2) is 35.2 Å². The van der Waals surface area contributed by atoms with Gasteiger partial charge < -0.3 is 19.7 Å². The summed E-state index contributed by atoms with van der Waals surface area (Å²) in [6.07, 6.45) is 24.0. The molecule has 0 aromatic rings. The summed E-state index contributed by atoms with van der Waals surface area (Å²) in [6, 6.07) is 0. The number of ether oxygens (including phenoxy) is 2. The van der Waals surface area contributed by atoms with Crippen molar-refractivity contribution in [3.8, 4) is 0 Å². The van der Waals surface area contributed by atoms with Gasteiger partial charge in [-0.15, -0.1) is 0 Å². The summed E-state index contributed by atoms with van der Waals surface area (Å²) in [5.74, 6) is -1.09. The van der Waals surface area contributed by atoms with Gasteiger partial charge in [-0.25, -0.2) is 4.79 Å². The van der Waals surface area contributed by atoms with E-state index in [0.717, 1.165) is 38.5 Å². The fourth-order valence-electron chi connectivity index (χ4n) is 4.81. The molecule has 2 atom stereocenters.